The number of aromatic hydroxyl groups is 1. The molecule has 1 aromatic heterocycles. The molecule has 6 atom stereocenters. The minimum atomic E-state index is -4.74. The molecule has 2 saturated heterocycles. The van der Waals surface area contributed by atoms with E-state index >= 15 is 4.79 Å². The molecule has 8 rings (SSSR count). The molecule has 0 bridgehead atoms. The summed E-state index contributed by atoms with van der Waals surface area (Å²) < 4.78 is 40.4. The third-order valence-electron chi connectivity index (χ3n) is 11.7. The van der Waals surface area contributed by atoms with Crippen molar-refractivity contribution in [3.05, 3.63) is 129 Å². The second kappa shape index (κ2) is 13.2. The molecule has 4 amide bonds. The van der Waals surface area contributed by atoms with Crippen molar-refractivity contribution in [2.45, 2.75) is 50.6 Å². The first-order valence-corrected chi connectivity index (χ1v) is 18.5. The van der Waals surface area contributed by atoms with Crippen molar-refractivity contribution >= 4 is 58.3 Å². The highest BCUT2D eigenvalue weighted by Gasteiger charge is 2.70. The number of phenols is 1. The van der Waals surface area contributed by atoms with Gasteiger partial charge in [0.2, 0.25) is 11.8 Å². The molecule has 282 valence electrons. The summed E-state index contributed by atoms with van der Waals surface area (Å²) in [4.78, 5) is 63.8. The molecule has 4 aliphatic rings. The lowest BCUT2D eigenvalue weighted by molar-refractivity contribution is -0.139. The zero-order valence-electron chi connectivity index (χ0n) is 29.4. The zero-order chi connectivity index (χ0) is 39.1. The van der Waals surface area contributed by atoms with Crippen LogP contribution in [-0.4, -0.2) is 38.7 Å². The Hall–Kier alpha value is -5.20. The molecule has 3 aromatic carbocycles. The molecule has 2 N–H and O–H groups in total. The van der Waals surface area contributed by atoms with E-state index in [0.29, 0.717) is 45.2 Å². The molecule has 2 aliphatic heterocycles. The molecule has 14 heteroatoms. The maximum absolute atomic E-state index is 15.3. The molecule has 1 saturated carbocycles. The third kappa shape index (κ3) is 5.63. The van der Waals surface area contributed by atoms with Crippen molar-refractivity contribution in [1.82, 2.24) is 9.99 Å². The standard InChI is InChI=1S/C41H33Cl2F3N4O5/c1-3-21-4-11-26(12-5-21)49-36(52)28-14-13-27-29(33(28)38(49)54)18-30-37(53)50(48-35-31(43)17-24(19-47-35)41(44,45)46)39(55)40(30,23-7-9-25(42)10-8-23)34(27)22-6-15-32(51)20(2)16-22/h4-13,15-17,19,28-30,33-34,51H,3,14,18H2,1-2H3,(H,47,48)/t28-,29+,30-,33-,34-,40+/m0/s1. The van der Waals surface area contributed by atoms with Gasteiger partial charge in [-0.25, -0.2) is 4.98 Å². The summed E-state index contributed by atoms with van der Waals surface area (Å²) in [5.41, 5.74) is 3.50. The molecule has 2 aliphatic carbocycles. The Morgan fingerprint density at radius 1 is 0.927 bits per heavy atom. The molecule has 0 unspecified atom stereocenters. The van der Waals surface area contributed by atoms with Crippen LogP contribution in [0.25, 0.3) is 0 Å². The number of aryl methyl sites for hydroxylation is 2. The molecular weight excluding hydrogens is 756 g/mol. The maximum atomic E-state index is 15.3. The summed E-state index contributed by atoms with van der Waals surface area (Å²) in [6, 6.07) is 19.3. The first kappa shape index (κ1) is 36.8. The number of hydrazine groups is 1. The van der Waals surface area contributed by atoms with Crippen LogP contribution in [0, 0.1) is 30.6 Å². The quantitative estimate of drug-likeness (QED) is 0.149. The third-order valence-corrected chi connectivity index (χ3v) is 12.3. The van der Waals surface area contributed by atoms with Gasteiger partial charge < -0.3 is 5.11 Å². The number of allylic oxidation sites excluding steroid dienone is 2. The monoisotopic (exact) mass is 788 g/mol. The fourth-order valence-corrected chi connectivity index (χ4v) is 9.49. The zero-order valence-corrected chi connectivity index (χ0v) is 30.9. The molecule has 3 heterocycles. The van der Waals surface area contributed by atoms with Crippen LogP contribution in [0.15, 0.2) is 90.6 Å². The lowest BCUT2D eigenvalue weighted by atomic mass is 9.49. The van der Waals surface area contributed by atoms with E-state index in [0.717, 1.165) is 17.0 Å². The van der Waals surface area contributed by atoms with Crippen LogP contribution in [0.5, 0.6) is 5.75 Å². The van der Waals surface area contributed by atoms with Crippen LogP contribution < -0.4 is 10.3 Å². The second-order valence-electron chi connectivity index (χ2n) is 14.5. The molecule has 4 aromatic rings. The number of rotatable bonds is 6. The number of nitrogens with one attached hydrogen (secondary N) is 1. The average Bonchev–Trinajstić information content (AvgIpc) is 3.54. The van der Waals surface area contributed by atoms with Crippen molar-refractivity contribution in [2.24, 2.45) is 23.7 Å². The number of alkyl halides is 3. The van der Waals surface area contributed by atoms with Gasteiger partial charge in [-0.2, -0.15) is 18.2 Å². The highest BCUT2D eigenvalue weighted by Crippen LogP contribution is 2.64. The first-order valence-electron chi connectivity index (χ1n) is 17.8. The van der Waals surface area contributed by atoms with Crippen molar-refractivity contribution in [3.63, 3.8) is 0 Å². The van der Waals surface area contributed by atoms with Gasteiger partial charge in [0.05, 0.1) is 39.4 Å². The van der Waals surface area contributed by atoms with Crippen molar-refractivity contribution in [1.29, 1.82) is 0 Å². The van der Waals surface area contributed by atoms with Gasteiger partial charge in [-0.15, -0.1) is 0 Å². The van der Waals surface area contributed by atoms with Gasteiger partial charge >= 0.3 is 6.18 Å². The van der Waals surface area contributed by atoms with E-state index in [9.17, 15) is 32.7 Å². The van der Waals surface area contributed by atoms with E-state index in [2.05, 4.69) is 10.4 Å². The molecule has 9 nitrogen and oxygen atoms in total. The van der Waals surface area contributed by atoms with Crippen molar-refractivity contribution in [2.75, 3.05) is 10.3 Å². The summed E-state index contributed by atoms with van der Waals surface area (Å²) in [6.07, 6.45) is -1.32. The summed E-state index contributed by atoms with van der Waals surface area (Å²) in [5, 5.41) is 11.2. The predicted octanol–water partition coefficient (Wildman–Crippen LogP) is 8.17. The Morgan fingerprint density at radius 3 is 2.27 bits per heavy atom. The maximum Gasteiger partial charge on any atom is 0.417 e. The number of fused-ring (bicyclic) bond motifs is 4. The largest absolute Gasteiger partial charge is 0.508 e. The number of halogens is 5. The normalized spacial score (nSPS) is 26.2. The van der Waals surface area contributed by atoms with Gasteiger partial charge in [0, 0.05) is 17.1 Å². The minimum Gasteiger partial charge on any atom is -0.508 e. The highest BCUT2D eigenvalue weighted by molar-refractivity contribution is 6.33. The predicted molar refractivity (Wildman–Crippen MR) is 198 cm³/mol. The van der Waals surface area contributed by atoms with E-state index in [4.69, 9.17) is 23.2 Å². The number of anilines is 2. The lowest BCUT2D eigenvalue weighted by Gasteiger charge is -2.50. The summed E-state index contributed by atoms with van der Waals surface area (Å²) in [6.45, 7) is 3.70. The second-order valence-corrected chi connectivity index (χ2v) is 15.3. The van der Waals surface area contributed by atoms with Crippen molar-refractivity contribution in [3.8, 4) is 5.75 Å². The van der Waals surface area contributed by atoms with Gasteiger partial charge in [-0.3, -0.25) is 29.5 Å². The van der Waals surface area contributed by atoms with Crippen LogP contribution in [-0.2, 0) is 37.2 Å². The van der Waals surface area contributed by atoms with E-state index in [1.165, 1.54) is 11.0 Å². The van der Waals surface area contributed by atoms with Gasteiger partial charge in [0.25, 0.3) is 11.8 Å². The van der Waals surface area contributed by atoms with Crippen LogP contribution in [0.1, 0.15) is 53.5 Å². The number of phenolic OH excluding ortho intramolecular Hbond substituents is 1. The Balaban J connectivity index is 1.30. The Labute approximate surface area is 323 Å². The lowest BCUT2D eigenvalue weighted by Crippen LogP contribution is -2.53. The number of imide groups is 2. The van der Waals surface area contributed by atoms with Gasteiger partial charge in [0.1, 0.15) is 5.75 Å². The molecule has 0 spiro atoms. The number of carbonyl (C=O) groups is 4. The van der Waals surface area contributed by atoms with Gasteiger partial charge in [0.15, 0.2) is 5.82 Å². The summed E-state index contributed by atoms with van der Waals surface area (Å²) >= 11 is 12.6. The fraction of sp³-hybridized carbons (Fsp3) is 0.293. The Kier molecular flexibility index (Phi) is 8.84. The number of amides is 4. The van der Waals surface area contributed by atoms with Gasteiger partial charge in [-0.05, 0) is 90.8 Å². The number of hydrogen-bond acceptors (Lipinski definition) is 7. The Bertz CT molecular complexity index is 2320. The summed E-state index contributed by atoms with van der Waals surface area (Å²) in [7, 11) is 0. The summed E-state index contributed by atoms with van der Waals surface area (Å²) in [5.74, 6) is -6.82. The molecular formula is C41H33Cl2F3N4O5. The number of pyridine rings is 1. The topological polar surface area (TPSA) is 120 Å². The smallest absolute Gasteiger partial charge is 0.417 e. The van der Waals surface area contributed by atoms with Crippen LogP contribution >= 0.6 is 23.2 Å². The number of carbonyl (C=O) groups excluding carboxylic acids is 4. The Morgan fingerprint density at radius 2 is 1.64 bits per heavy atom. The van der Waals surface area contributed by atoms with Crippen LogP contribution in [0.3, 0.4) is 0 Å². The van der Waals surface area contributed by atoms with Crippen LogP contribution in [0.4, 0.5) is 24.7 Å². The molecule has 55 heavy (non-hydrogen) atoms. The first-order chi connectivity index (χ1) is 26.2. The van der Waals surface area contributed by atoms with E-state index in [1.54, 1.807) is 55.5 Å². The number of aromatic nitrogens is 1. The van der Waals surface area contributed by atoms with E-state index < -0.39 is 69.5 Å². The SMILES string of the molecule is CCc1ccc(N2C(=O)[C@H]3[C@H](CC=C4[C@H]3C[C@H]3C(=O)N(Nc5ncc(C(F)(F)F)cc5Cl)C(=O)[C@@]3(c3ccc(Cl)cc3)[C@H]4c3ccc(O)c(C)c3)C2=O)cc1. The van der Waals surface area contributed by atoms with E-state index in [-0.39, 0.29) is 30.3 Å². The number of hydrogen-bond donors (Lipinski definition) is 2. The fourth-order valence-electron chi connectivity index (χ4n) is 9.15. The minimum absolute atomic E-state index is 0.00679. The number of benzene rings is 3. The number of nitrogens with zero attached hydrogens (tertiary/aromatic N) is 3. The van der Waals surface area contributed by atoms with Crippen molar-refractivity contribution < 1.29 is 37.5 Å². The molecule has 0 radical (unpaired) electrons. The molecule has 3 fully saturated rings. The average molecular weight is 790 g/mol. The van der Waals surface area contributed by atoms with Crippen LogP contribution in [0.2, 0.25) is 10.0 Å². The van der Waals surface area contributed by atoms with E-state index in [1.807, 2.05) is 25.1 Å². The van der Waals surface area contributed by atoms with Gasteiger partial charge in [-0.1, -0.05) is 78.2 Å². The highest BCUT2D eigenvalue weighted by atomic mass is 35.5.